The van der Waals surface area contributed by atoms with Gasteiger partial charge in [0.05, 0.1) is 10.8 Å². The van der Waals surface area contributed by atoms with E-state index in [1.807, 2.05) is 71.9 Å². The minimum Gasteiger partial charge on any atom is -0.507 e. The Labute approximate surface area is 196 Å². The maximum atomic E-state index is 13.2. The minimum atomic E-state index is -1.35. The number of carbonyl (C=O) groups is 1. The lowest BCUT2D eigenvalue weighted by Gasteiger charge is -2.28. The number of rotatable bonds is 7. The van der Waals surface area contributed by atoms with Crippen molar-refractivity contribution in [3.8, 4) is 5.75 Å². The fraction of sp³-hybridized carbons (Fsp3) is 0.519. The van der Waals surface area contributed by atoms with E-state index in [0.717, 1.165) is 40.8 Å². The van der Waals surface area contributed by atoms with Gasteiger partial charge in [-0.1, -0.05) is 73.6 Å². The third kappa shape index (κ3) is 6.22. The van der Waals surface area contributed by atoms with E-state index >= 15 is 0 Å². The first-order chi connectivity index (χ1) is 14.8. The van der Waals surface area contributed by atoms with Crippen LogP contribution in [0.25, 0.3) is 0 Å². The highest BCUT2D eigenvalue weighted by atomic mass is 32.2. The summed E-state index contributed by atoms with van der Waals surface area (Å²) in [4.78, 5) is 13.4. The molecule has 1 amide bonds. The van der Waals surface area contributed by atoms with Crippen LogP contribution in [0.15, 0.2) is 35.2 Å². The smallest absolute Gasteiger partial charge is 0.225 e. The van der Waals surface area contributed by atoms with Crippen LogP contribution in [0, 0.1) is 0 Å². The molecule has 1 atom stereocenters. The van der Waals surface area contributed by atoms with Gasteiger partial charge >= 0.3 is 0 Å². The number of hydrogen-bond donors (Lipinski definition) is 2. The van der Waals surface area contributed by atoms with Gasteiger partial charge in [0.25, 0.3) is 0 Å². The number of amides is 1. The zero-order valence-corrected chi connectivity index (χ0v) is 21.7. The summed E-state index contributed by atoms with van der Waals surface area (Å²) in [5, 5.41) is 13.9. The van der Waals surface area contributed by atoms with Crippen LogP contribution >= 0.6 is 0 Å². The van der Waals surface area contributed by atoms with Gasteiger partial charge in [-0.3, -0.25) is 9.00 Å². The van der Waals surface area contributed by atoms with Crippen LogP contribution in [-0.4, -0.2) is 21.0 Å². The molecule has 0 fully saturated rings. The Morgan fingerprint density at radius 2 is 1.41 bits per heavy atom. The molecule has 5 heteroatoms. The molecule has 0 heterocycles. The maximum Gasteiger partial charge on any atom is 0.225 e. The van der Waals surface area contributed by atoms with E-state index in [2.05, 4.69) is 19.2 Å². The van der Waals surface area contributed by atoms with E-state index in [9.17, 15) is 14.1 Å². The van der Waals surface area contributed by atoms with Gasteiger partial charge in [0.15, 0.2) is 0 Å². The second-order valence-electron chi connectivity index (χ2n) is 10.4. The molecule has 32 heavy (non-hydrogen) atoms. The Balaban J connectivity index is 2.24. The predicted molar refractivity (Wildman–Crippen MR) is 135 cm³/mol. The van der Waals surface area contributed by atoms with Gasteiger partial charge in [-0.15, -0.1) is 0 Å². The van der Waals surface area contributed by atoms with Crippen molar-refractivity contribution in [3.05, 3.63) is 52.6 Å². The average Bonchev–Trinajstić information content (AvgIpc) is 2.70. The molecule has 176 valence electrons. The number of nitrogens with one attached hydrogen (secondary N) is 1. The summed E-state index contributed by atoms with van der Waals surface area (Å²) in [5.41, 5.74) is 4.10. The second kappa shape index (κ2) is 10.2. The summed E-state index contributed by atoms with van der Waals surface area (Å²) in [6, 6.07) is 9.75. The van der Waals surface area contributed by atoms with E-state index in [0.29, 0.717) is 4.90 Å². The zero-order chi connectivity index (χ0) is 24.3. The first-order valence-electron chi connectivity index (χ1n) is 11.5. The summed E-state index contributed by atoms with van der Waals surface area (Å²) in [5.74, 6) is 0.381. The highest BCUT2D eigenvalue weighted by Crippen LogP contribution is 2.40. The Kier molecular flexibility index (Phi) is 8.33. The number of phenols is 1. The molecule has 2 rings (SSSR count). The molecule has 4 nitrogen and oxygen atoms in total. The van der Waals surface area contributed by atoms with Gasteiger partial charge in [-0.25, -0.2) is 0 Å². The van der Waals surface area contributed by atoms with Crippen LogP contribution in [0.3, 0.4) is 0 Å². The zero-order valence-electron chi connectivity index (χ0n) is 20.9. The summed E-state index contributed by atoms with van der Waals surface area (Å²) >= 11 is 0. The minimum absolute atomic E-state index is 0.125. The molecular weight excluding hydrogens is 418 g/mol. The number of para-hydroxylation sites is 1. The monoisotopic (exact) mass is 457 g/mol. The van der Waals surface area contributed by atoms with E-state index in [1.54, 1.807) is 0 Å². The molecule has 0 saturated carbocycles. The maximum absolute atomic E-state index is 13.2. The summed E-state index contributed by atoms with van der Waals surface area (Å²) in [6.45, 7) is 16.3. The molecule has 1 unspecified atom stereocenters. The second-order valence-corrected chi connectivity index (χ2v) is 11.9. The summed E-state index contributed by atoms with van der Waals surface area (Å²) in [6.07, 6.45) is 1.85. The molecule has 0 bridgehead atoms. The highest BCUT2D eigenvalue weighted by Gasteiger charge is 2.27. The average molecular weight is 458 g/mol. The van der Waals surface area contributed by atoms with E-state index < -0.39 is 10.8 Å². The summed E-state index contributed by atoms with van der Waals surface area (Å²) < 4.78 is 13.2. The van der Waals surface area contributed by atoms with E-state index in [4.69, 9.17) is 0 Å². The van der Waals surface area contributed by atoms with Gasteiger partial charge in [0.2, 0.25) is 5.91 Å². The Hall–Kier alpha value is -2.14. The fourth-order valence-corrected chi connectivity index (χ4v) is 4.90. The van der Waals surface area contributed by atoms with Gasteiger partial charge in [0, 0.05) is 33.9 Å². The molecule has 0 spiro atoms. The topological polar surface area (TPSA) is 66.4 Å². The third-order valence-corrected chi connectivity index (χ3v) is 7.08. The van der Waals surface area contributed by atoms with Crippen molar-refractivity contribution in [1.29, 1.82) is 0 Å². The number of benzene rings is 2. The molecule has 2 N–H and O–H groups in total. The number of aromatic hydroxyl groups is 1. The van der Waals surface area contributed by atoms with Crippen LogP contribution < -0.4 is 5.32 Å². The number of anilines is 1. The molecule has 0 aliphatic rings. The number of phenolic OH excluding ortho intramolecular Hbond substituents is 1. The van der Waals surface area contributed by atoms with Crippen LogP contribution in [0.5, 0.6) is 5.75 Å². The van der Waals surface area contributed by atoms with Gasteiger partial charge in [0.1, 0.15) is 5.75 Å². The van der Waals surface area contributed by atoms with Crippen molar-refractivity contribution in [1.82, 2.24) is 0 Å². The van der Waals surface area contributed by atoms with Crippen LogP contribution in [0.4, 0.5) is 5.69 Å². The molecule has 0 aliphatic carbocycles. The van der Waals surface area contributed by atoms with Gasteiger partial charge in [-0.2, -0.15) is 0 Å². The molecular formula is C27H39NO3S. The first-order valence-corrected chi connectivity index (χ1v) is 12.8. The van der Waals surface area contributed by atoms with Crippen molar-refractivity contribution >= 4 is 22.4 Å². The lowest BCUT2D eigenvalue weighted by molar-refractivity contribution is -0.115. The lowest BCUT2D eigenvalue weighted by Crippen LogP contribution is -2.19. The molecule has 0 radical (unpaired) electrons. The predicted octanol–water partition coefficient (Wildman–Crippen LogP) is 6.25. The normalized spacial score (nSPS) is 13.1. The quantitative estimate of drug-likeness (QED) is 0.516. The van der Waals surface area contributed by atoms with Crippen molar-refractivity contribution in [2.24, 2.45) is 0 Å². The number of aryl methyl sites for hydroxylation is 2. The van der Waals surface area contributed by atoms with Crippen molar-refractivity contribution in [3.63, 3.8) is 0 Å². The standard InChI is InChI=1S/C27H39NO3S/c1-9-18-12-11-13-19(10-2)24(18)28-23(29)14-15-32(31)20-16-21(26(3,4)5)25(30)22(17-20)27(6,7)8/h11-13,16-17,30H,9-10,14-15H2,1-8H3,(H,28,29). The van der Waals surface area contributed by atoms with Crippen molar-refractivity contribution < 1.29 is 14.1 Å². The van der Waals surface area contributed by atoms with Crippen molar-refractivity contribution in [2.75, 3.05) is 11.1 Å². The third-order valence-electron chi connectivity index (χ3n) is 5.74. The van der Waals surface area contributed by atoms with E-state index in [-0.39, 0.29) is 34.7 Å². The van der Waals surface area contributed by atoms with Gasteiger partial charge < -0.3 is 10.4 Å². The largest absolute Gasteiger partial charge is 0.507 e. The Morgan fingerprint density at radius 3 is 1.81 bits per heavy atom. The molecule has 0 saturated heterocycles. The molecule has 0 aliphatic heterocycles. The summed E-state index contributed by atoms with van der Waals surface area (Å²) in [7, 11) is -1.35. The molecule has 0 aromatic heterocycles. The Morgan fingerprint density at radius 1 is 0.938 bits per heavy atom. The SMILES string of the molecule is CCc1cccc(CC)c1NC(=O)CCS(=O)c1cc(C(C)(C)C)c(O)c(C(C)(C)C)c1. The molecule has 2 aromatic carbocycles. The first kappa shape index (κ1) is 26.1. The van der Waals surface area contributed by atoms with Gasteiger partial charge in [-0.05, 0) is 46.9 Å². The van der Waals surface area contributed by atoms with E-state index in [1.165, 1.54) is 0 Å². The highest BCUT2D eigenvalue weighted by molar-refractivity contribution is 7.85. The van der Waals surface area contributed by atoms with Crippen molar-refractivity contribution in [2.45, 2.75) is 90.4 Å². The fourth-order valence-electron chi connectivity index (χ4n) is 3.79. The lowest BCUT2D eigenvalue weighted by atomic mass is 9.79. The number of carbonyl (C=O) groups excluding carboxylic acids is 1. The number of hydrogen-bond acceptors (Lipinski definition) is 3. The Bertz CT molecular complexity index is 940. The molecule has 2 aromatic rings. The van der Waals surface area contributed by atoms with Crippen LogP contribution in [0.1, 0.15) is 84.1 Å². The van der Waals surface area contributed by atoms with Crippen LogP contribution in [-0.2, 0) is 39.3 Å². The van der Waals surface area contributed by atoms with Crippen LogP contribution in [0.2, 0.25) is 0 Å².